The smallest absolute Gasteiger partial charge is 0.372 e. The van der Waals surface area contributed by atoms with Gasteiger partial charge in [0.1, 0.15) is 11.3 Å². The molecule has 0 saturated carbocycles. The molecule has 8 heteroatoms. The van der Waals surface area contributed by atoms with Gasteiger partial charge < -0.3 is 9.80 Å². The molecule has 3 rings (SSSR count). The summed E-state index contributed by atoms with van der Waals surface area (Å²) in [6, 6.07) is 9.91. The van der Waals surface area contributed by atoms with Gasteiger partial charge in [0.25, 0.3) is 5.56 Å². The van der Waals surface area contributed by atoms with Crippen LogP contribution in [0.5, 0.6) is 0 Å². The zero-order chi connectivity index (χ0) is 21.3. The van der Waals surface area contributed by atoms with E-state index in [-0.39, 0.29) is 5.56 Å². The number of anilines is 1. The number of para-hydroxylation sites is 1. The maximum absolute atomic E-state index is 13.1. The van der Waals surface area contributed by atoms with E-state index in [1.165, 1.54) is 16.7 Å². The molecular formula is C21H23F3N4O. The first-order chi connectivity index (χ1) is 13.6. The van der Waals surface area contributed by atoms with Crippen LogP contribution in [0.25, 0.3) is 16.6 Å². The topological polar surface area (TPSA) is 41.4 Å². The summed E-state index contributed by atoms with van der Waals surface area (Å²) < 4.78 is 39.8. The monoisotopic (exact) mass is 404 g/mol. The Bertz CT molecular complexity index is 1070. The molecule has 5 nitrogen and oxygen atoms in total. The van der Waals surface area contributed by atoms with E-state index in [9.17, 15) is 18.0 Å². The predicted molar refractivity (Wildman–Crippen MR) is 109 cm³/mol. The lowest BCUT2D eigenvalue weighted by atomic mass is 10.1. The van der Waals surface area contributed by atoms with E-state index in [0.717, 1.165) is 30.9 Å². The summed E-state index contributed by atoms with van der Waals surface area (Å²) in [4.78, 5) is 21.9. The van der Waals surface area contributed by atoms with Crippen molar-refractivity contribution in [2.75, 3.05) is 39.1 Å². The third-order valence-corrected chi connectivity index (χ3v) is 4.79. The van der Waals surface area contributed by atoms with Crippen molar-refractivity contribution in [1.29, 1.82) is 0 Å². The molecule has 0 aliphatic carbocycles. The molecule has 0 atom stereocenters. The lowest BCUT2D eigenvalue weighted by Crippen LogP contribution is -2.29. The molecule has 0 unspecified atom stereocenters. The highest BCUT2D eigenvalue weighted by Gasteiger charge is 2.30. The molecule has 0 N–H and O–H groups in total. The average Bonchev–Trinajstić information content (AvgIpc) is 2.65. The molecule has 1 heterocycles. The van der Waals surface area contributed by atoms with Crippen molar-refractivity contribution < 1.29 is 13.2 Å². The Morgan fingerprint density at radius 3 is 2.24 bits per heavy atom. The van der Waals surface area contributed by atoms with Crippen molar-refractivity contribution in [1.82, 2.24) is 14.5 Å². The van der Waals surface area contributed by atoms with Crippen molar-refractivity contribution in [3.8, 4) is 5.69 Å². The third kappa shape index (κ3) is 4.27. The van der Waals surface area contributed by atoms with E-state index in [1.807, 2.05) is 32.1 Å². The molecule has 2 aromatic carbocycles. The first-order valence-electron chi connectivity index (χ1n) is 9.15. The highest BCUT2D eigenvalue weighted by atomic mass is 19.4. The summed E-state index contributed by atoms with van der Waals surface area (Å²) in [5.41, 5.74) is 0.699. The predicted octanol–water partition coefficient (Wildman–Crippen LogP) is 3.71. The molecule has 154 valence electrons. The molecule has 0 aliphatic heterocycles. The Hall–Kier alpha value is -2.87. The van der Waals surface area contributed by atoms with E-state index < -0.39 is 11.7 Å². The number of hydrogen-bond donors (Lipinski definition) is 0. The number of rotatable bonds is 5. The van der Waals surface area contributed by atoms with Crippen LogP contribution < -0.4 is 10.5 Å². The van der Waals surface area contributed by atoms with E-state index in [2.05, 4.69) is 9.88 Å². The Morgan fingerprint density at radius 2 is 1.66 bits per heavy atom. The zero-order valence-electron chi connectivity index (χ0n) is 16.8. The second-order valence-corrected chi connectivity index (χ2v) is 7.24. The number of aryl methyl sites for hydroxylation is 1. The van der Waals surface area contributed by atoms with Gasteiger partial charge in [0, 0.05) is 20.1 Å². The van der Waals surface area contributed by atoms with Crippen LogP contribution in [0.1, 0.15) is 11.4 Å². The average molecular weight is 404 g/mol. The number of hydrogen-bond acceptors (Lipinski definition) is 4. The molecule has 0 radical (unpaired) electrons. The minimum atomic E-state index is -4.42. The minimum absolute atomic E-state index is 0.310. The standard InChI is InChI=1S/C21H23F3N4O/c1-14-25-19-17(6-5-7-18(19)27(4)13-12-26(2)3)20(29)28(14)16-10-8-15(9-11-16)21(22,23)24/h5-11H,12-13H2,1-4H3. The fraction of sp³-hybridized carbons (Fsp3) is 0.333. The molecule has 29 heavy (non-hydrogen) atoms. The first kappa shape index (κ1) is 20.9. The van der Waals surface area contributed by atoms with Gasteiger partial charge in [-0.15, -0.1) is 0 Å². The lowest BCUT2D eigenvalue weighted by Gasteiger charge is -2.23. The number of nitrogens with zero attached hydrogens (tertiary/aromatic N) is 4. The summed E-state index contributed by atoms with van der Waals surface area (Å²) in [5.74, 6) is 0.413. The van der Waals surface area contributed by atoms with Crippen molar-refractivity contribution >= 4 is 16.6 Å². The molecule has 0 aliphatic rings. The molecule has 1 aromatic heterocycles. The Balaban J connectivity index is 2.09. The van der Waals surface area contributed by atoms with Gasteiger partial charge in [-0.3, -0.25) is 9.36 Å². The van der Waals surface area contributed by atoms with Crippen LogP contribution in [0.3, 0.4) is 0 Å². The normalized spacial score (nSPS) is 12.0. The highest BCUT2D eigenvalue weighted by molar-refractivity contribution is 5.90. The highest BCUT2D eigenvalue weighted by Crippen LogP contribution is 2.30. The second-order valence-electron chi connectivity index (χ2n) is 7.24. The van der Waals surface area contributed by atoms with Gasteiger partial charge in [-0.1, -0.05) is 6.07 Å². The second kappa shape index (κ2) is 7.87. The fourth-order valence-electron chi connectivity index (χ4n) is 3.18. The number of likely N-dealkylation sites (N-methyl/N-ethyl adjacent to an activating group) is 2. The van der Waals surface area contributed by atoms with E-state index in [0.29, 0.717) is 22.4 Å². The Morgan fingerprint density at radius 1 is 1.00 bits per heavy atom. The van der Waals surface area contributed by atoms with Gasteiger partial charge >= 0.3 is 6.18 Å². The van der Waals surface area contributed by atoms with Crippen LogP contribution in [0.4, 0.5) is 18.9 Å². The molecule has 0 saturated heterocycles. The fourth-order valence-corrected chi connectivity index (χ4v) is 3.18. The summed E-state index contributed by atoms with van der Waals surface area (Å²) >= 11 is 0. The van der Waals surface area contributed by atoms with Crippen LogP contribution in [0.2, 0.25) is 0 Å². The van der Waals surface area contributed by atoms with Crippen molar-refractivity contribution in [3.05, 3.63) is 64.2 Å². The maximum Gasteiger partial charge on any atom is 0.416 e. The molecule has 0 amide bonds. The molecule has 0 spiro atoms. The zero-order valence-corrected chi connectivity index (χ0v) is 16.8. The minimum Gasteiger partial charge on any atom is -0.372 e. The number of halogens is 3. The van der Waals surface area contributed by atoms with Gasteiger partial charge in [0.2, 0.25) is 0 Å². The van der Waals surface area contributed by atoms with Crippen LogP contribution in [0, 0.1) is 6.92 Å². The van der Waals surface area contributed by atoms with Crippen LogP contribution in [-0.4, -0.2) is 48.7 Å². The van der Waals surface area contributed by atoms with Gasteiger partial charge in [0.05, 0.1) is 22.3 Å². The van der Waals surface area contributed by atoms with Gasteiger partial charge in [0.15, 0.2) is 0 Å². The van der Waals surface area contributed by atoms with Gasteiger partial charge in [-0.25, -0.2) is 4.98 Å². The van der Waals surface area contributed by atoms with E-state index in [1.54, 1.807) is 19.1 Å². The summed E-state index contributed by atoms with van der Waals surface area (Å²) in [6.45, 7) is 3.28. The van der Waals surface area contributed by atoms with Crippen LogP contribution >= 0.6 is 0 Å². The van der Waals surface area contributed by atoms with Crippen molar-refractivity contribution in [3.63, 3.8) is 0 Å². The Kier molecular flexibility index (Phi) is 5.66. The van der Waals surface area contributed by atoms with Crippen molar-refractivity contribution in [2.45, 2.75) is 13.1 Å². The number of alkyl halides is 3. The molecule has 0 bridgehead atoms. The summed E-state index contributed by atoms with van der Waals surface area (Å²) in [5, 5.41) is 0.421. The molecule has 3 aromatic rings. The first-order valence-corrected chi connectivity index (χ1v) is 9.15. The van der Waals surface area contributed by atoms with E-state index >= 15 is 0 Å². The maximum atomic E-state index is 13.1. The lowest BCUT2D eigenvalue weighted by molar-refractivity contribution is -0.137. The number of fused-ring (bicyclic) bond motifs is 1. The third-order valence-electron chi connectivity index (χ3n) is 4.79. The van der Waals surface area contributed by atoms with Crippen LogP contribution in [-0.2, 0) is 6.18 Å². The molecule has 0 fully saturated rings. The van der Waals surface area contributed by atoms with Gasteiger partial charge in [-0.2, -0.15) is 13.2 Å². The quantitative estimate of drug-likeness (QED) is 0.650. The largest absolute Gasteiger partial charge is 0.416 e. The number of aromatic nitrogens is 2. The SMILES string of the molecule is Cc1nc2c(N(C)CCN(C)C)cccc2c(=O)n1-c1ccc(C(F)(F)F)cc1. The van der Waals surface area contributed by atoms with Crippen molar-refractivity contribution in [2.24, 2.45) is 0 Å². The summed E-state index contributed by atoms with van der Waals surface area (Å²) in [7, 11) is 5.92. The van der Waals surface area contributed by atoms with Gasteiger partial charge in [-0.05, 0) is 57.4 Å². The summed E-state index contributed by atoms with van der Waals surface area (Å²) in [6.07, 6.45) is -4.42. The van der Waals surface area contributed by atoms with E-state index in [4.69, 9.17) is 0 Å². The van der Waals surface area contributed by atoms with Crippen LogP contribution in [0.15, 0.2) is 47.3 Å². The number of benzene rings is 2. The molecular weight excluding hydrogens is 381 g/mol. The Labute approximate surface area is 167 Å².